The van der Waals surface area contributed by atoms with Gasteiger partial charge in [-0.15, -0.1) is 0 Å². The highest BCUT2D eigenvalue weighted by Gasteiger charge is 2.20. The molecule has 0 aliphatic carbocycles. The summed E-state index contributed by atoms with van der Waals surface area (Å²) in [4.78, 5) is 12.4. The molecule has 304 valence electrons. The summed E-state index contributed by atoms with van der Waals surface area (Å²) in [7, 11) is 0. The van der Waals surface area contributed by atoms with Crippen LogP contribution in [0.15, 0.2) is 12.2 Å². The number of unbranched alkanes of at least 4 members (excludes halogenated alkanes) is 33. The average molecular weight is 722 g/mol. The lowest BCUT2D eigenvalue weighted by molar-refractivity contribution is -0.124. The Morgan fingerprint density at radius 2 is 0.804 bits per heavy atom. The van der Waals surface area contributed by atoms with E-state index < -0.39 is 18.2 Å². The highest BCUT2D eigenvalue weighted by molar-refractivity contribution is 5.76. The maximum absolute atomic E-state index is 12.4. The first-order valence-corrected chi connectivity index (χ1v) is 23.0. The zero-order chi connectivity index (χ0) is 37.3. The van der Waals surface area contributed by atoms with Crippen molar-refractivity contribution in [2.24, 2.45) is 0 Å². The molecular formula is C46H91NO4. The van der Waals surface area contributed by atoms with Gasteiger partial charge in [-0.3, -0.25) is 4.79 Å². The van der Waals surface area contributed by atoms with E-state index in [1.807, 2.05) is 6.08 Å². The van der Waals surface area contributed by atoms with Crippen molar-refractivity contribution >= 4 is 5.91 Å². The molecule has 3 atom stereocenters. The number of nitrogens with one attached hydrogen (secondary N) is 1. The van der Waals surface area contributed by atoms with Crippen molar-refractivity contribution < 1.29 is 20.1 Å². The molecule has 0 aromatic heterocycles. The summed E-state index contributed by atoms with van der Waals surface area (Å²) in [5, 5.41) is 33.3. The van der Waals surface area contributed by atoms with Crippen LogP contribution in [-0.2, 0) is 4.79 Å². The Labute approximate surface area is 319 Å². The van der Waals surface area contributed by atoms with Crippen LogP contribution >= 0.6 is 0 Å². The molecule has 0 fully saturated rings. The zero-order valence-electron chi connectivity index (χ0n) is 34.5. The summed E-state index contributed by atoms with van der Waals surface area (Å²) in [6.45, 7) is 4.23. The van der Waals surface area contributed by atoms with Crippen molar-refractivity contribution in [1.29, 1.82) is 0 Å². The van der Waals surface area contributed by atoms with Gasteiger partial charge in [0.25, 0.3) is 0 Å². The fourth-order valence-electron chi connectivity index (χ4n) is 7.28. The first-order chi connectivity index (χ1) is 25.0. The molecule has 0 spiro atoms. The molecule has 0 heterocycles. The third kappa shape index (κ3) is 38.6. The van der Waals surface area contributed by atoms with Crippen LogP contribution < -0.4 is 5.32 Å². The van der Waals surface area contributed by atoms with Crippen molar-refractivity contribution in [3.05, 3.63) is 12.2 Å². The summed E-state index contributed by atoms with van der Waals surface area (Å²) >= 11 is 0. The number of hydrogen-bond donors (Lipinski definition) is 4. The fourth-order valence-corrected chi connectivity index (χ4v) is 7.28. The smallest absolute Gasteiger partial charge is 0.222 e. The third-order valence-electron chi connectivity index (χ3n) is 10.8. The number of aliphatic hydroxyl groups excluding tert-OH is 3. The molecule has 0 saturated carbocycles. The predicted molar refractivity (Wildman–Crippen MR) is 222 cm³/mol. The highest BCUT2D eigenvalue weighted by atomic mass is 16.3. The lowest BCUT2D eigenvalue weighted by Crippen LogP contribution is -2.45. The maximum Gasteiger partial charge on any atom is 0.222 e. The second-order valence-electron chi connectivity index (χ2n) is 16.0. The Balaban J connectivity index is 3.60. The van der Waals surface area contributed by atoms with E-state index in [0.29, 0.717) is 6.42 Å². The molecule has 0 aromatic carbocycles. The van der Waals surface area contributed by atoms with E-state index >= 15 is 0 Å². The number of carbonyl (C=O) groups is 1. The molecule has 51 heavy (non-hydrogen) atoms. The molecule has 5 heteroatoms. The van der Waals surface area contributed by atoms with Crippen LogP contribution in [0.1, 0.15) is 251 Å². The van der Waals surface area contributed by atoms with Crippen LogP contribution in [-0.4, -0.2) is 46.1 Å². The van der Waals surface area contributed by atoms with Crippen molar-refractivity contribution in [3.63, 3.8) is 0 Å². The second-order valence-corrected chi connectivity index (χ2v) is 16.0. The fraction of sp³-hybridized carbons (Fsp3) is 0.935. The Bertz CT molecular complexity index is 713. The van der Waals surface area contributed by atoms with Crippen molar-refractivity contribution in [2.45, 2.75) is 270 Å². The van der Waals surface area contributed by atoms with Crippen LogP contribution in [0.2, 0.25) is 0 Å². The minimum absolute atomic E-state index is 0.0189. The van der Waals surface area contributed by atoms with Gasteiger partial charge in [0.2, 0.25) is 5.91 Å². The Morgan fingerprint density at radius 3 is 1.14 bits per heavy atom. The molecule has 0 rings (SSSR count). The number of carbonyl (C=O) groups excluding carboxylic acids is 1. The molecule has 0 aliphatic rings. The Hall–Kier alpha value is -0.910. The quantitative estimate of drug-likeness (QED) is 0.0373. The maximum atomic E-state index is 12.4. The topological polar surface area (TPSA) is 89.8 Å². The van der Waals surface area contributed by atoms with Gasteiger partial charge in [-0.2, -0.15) is 0 Å². The van der Waals surface area contributed by atoms with E-state index in [9.17, 15) is 20.1 Å². The molecular weight excluding hydrogens is 631 g/mol. The Morgan fingerprint density at radius 1 is 0.490 bits per heavy atom. The van der Waals surface area contributed by atoms with Gasteiger partial charge in [0.05, 0.1) is 31.3 Å². The molecule has 0 radical (unpaired) electrons. The molecule has 1 amide bonds. The van der Waals surface area contributed by atoms with Crippen molar-refractivity contribution in [3.8, 4) is 0 Å². The molecule has 4 N–H and O–H groups in total. The first-order valence-electron chi connectivity index (χ1n) is 23.0. The summed E-state index contributed by atoms with van der Waals surface area (Å²) in [5.74, 6) is -0.311. The summed E-state index contributed by atoms with van der Waals surface area (Å²) in [6.07, 6.45) is 49.3. The largest absolute Gasteiger partial charge is 0.394 e. The Kier molecular flexibility index (Phi) is 41.1. The lowest BCUT2D eigenvalue weighted by Gasteiger charge is -2.21. The van der Waals surface area contributed by atoms with Crippen molar-refractivity contribution in [2.75, 3.05) is 6.61 Å². The van der Waals surface area contributed by atoms with Gasteiger partial charge in [0.15, 0.2) is 0 Å². The first kappa shape index (κ1) is 50.1. The molecule has 0 aliphatic heterocycles. The molecule has 0 bridgehead atoms. The second kappa shape index (κ2) is 41.8. The van der Waals surface area contributed by atoms with E-state index in [2.05, 4.69) is 19.2 Å². The zero-order valence-corrected chi connectivity index (χ0v) is 34.5. The molecule has 3 unspecified atom stereocenters. The van der Waals surface area contributed by atoms with Gasteiger partial charge in [0.1, 0.15) is 0 Å². The van der Waals surface area contributed by atoms with E-state index in [4.69, 9.17) is 0 Å². The summed E-state index contributed by atoms with van der Waals surface area (Å²) in [6, 6.07) is -0.739. The van der Waals surface area contributed by atoms with Crippen LogP contribution in [0.5, 0.6) is 0 Å². The van der Waals surface area contributed by atoms with E-state index in [1.165, 1.54) is 199 Å². The number of allylic oxidation sites excluding steroid dienone is 1. The normalized spacial score (nSPS) is 13.6. The number of rotatable bonds is 42. The minimum atomic E-state index is -0.924. The number of aliphatic hydroxyl groups is 3. The van der Waals surface area contributed by atoms with Crippen molar-refractivity contribution in [1.82, 2.24) is 5.32 Å². The van der Waals surface area contributed by atoms with Crippen LogP contribution in [0.4, 0.5) is 0 Å². The van der Waals surface area contributed by atoms with Gasteiger partial charge in [-0.25, -0.2) is 0 Å². The standard InChI is InChI=1S/C46H91NO4/c1-3-5-7-9-11-13-15-17-19-20-21-22-23-24-26-27-29-31-33-35-37-39-43(49)41-46(51)47-44(42-48)45(50)40-38-36-34-32-30-28-25-18-16-14-12-10-8-6-4-2/h38,40,43-45,48-50H,3-37,39,41-42H2,1-2H3,(H,47,51)/b40-38+. The monoisotopic (exact) mass is 722 g/mol. The van der Waals surface area contributed by atoms with Gasteiger partial charge in [-0.05, 0) is 19.3 Å². The summed E-state index contributed by atoms with van der Waals surface area (Å²) < 4.78 is 0. The SMILES string of the molecule is CCCCCCCCCCCCCCC/C=C/C(O)C(CO)NC(=O)CC(O)CCCCCCCCCCCCCCCCCCCCCCC. The number of hydrogen-bond acceptors (Lipinski definition) is 4. The molecule has 0 aromatic rings. The van der Waals surface area contributed by atoms with E-state index in [1.54, 1.807) is 6.08 Å². The van der Waals surface area contributed by atoms with Crippen LogP contribution in [0, 0.1) is 0 Å². The lowest BCUT2D eigenvalue weighted by atomic mass is 10.0. The average Bonchev–Trinajstić information content (AvgIpc) is 3.12. The third-order valence-corrected chi connectivity index (χ3v) is 10.8. The van der Waals surface area contributed by atoms with Gasteiger partial charge in [0, 0.05) is 0 Å². The van der Waals surface area contributed by atoms with E-state index in [-0.39, 0.29) is 18.9 Å². The van der Waals surface area contributed by atoms with E-state index in [0.717, 1.165) is 25.7 Å². The van der Waals surface area contributed by atoms with Gasteiger partial charge < -0.3 is 20.6 Å². The van der Waals surface area contributed by atoms with Crippen LogP contribution in [0.3, 0.4) is 0 Å². The number of amides is 1. The predicted octanol–water partition coefficient (Wildman–Crippen LogP) is 13.2. The minimum Gasteiger partial charge on any atom is -0.394 e. The van der Waals surface area contributed by atoms with Crippen LogP contribution in [0.25, 0.3) is 0 Å². The molecule has 5 nitrogen and oxygen atoms in total. The van der Waals surface area contributed by atoms with Gasteiger partial charge in [-0.1, -0.05) is 238 Å². The highest BCUT2D eigenvalue weighted by Crippen LogP contribution is 2.17. The molecule has 0 saturated heterocycles. The summed E-state index contributed by atoms with van der Waals surface area (Å²) in [5.41, 5.74) is 0. The van der Waals surface area contributed by atoms with Gasteiger partial charge >= 0.3 is 0 Å².